The first-order valence-electron chi connectivity index (χ1n) is 12.3. The first-order chi connectivity index (χ1) is 19.2. The average Bonchev–Trinajstić information content (AvgIpc) is 2.95. The monoisotopic (exact) mass is 569 g/mol. The minimum absolute atomic E-state index is 0.170. The molecule has 0 N–H and O–H groups in total. The largest absolute Gasteiger partial charge is 0.573 e. The van der Waals surface area contributed by atoms with E-state index in [0.29, 0.717) is 49.1 Å². The van der Waals surface area contributed by atoms with Crippen LogP contribution in [0.1, 0.15) is 10.5 Å². The van der Waals surface area contributed by atoms with E-state index in [2.05, 4.69) is 14.0 Å². The third-order valence-corrected chi connectivity index (χ3v) is 7.09. The van der Waals surface area contributed by atoms with Crippen LogP contribution in [0.25, 0.3) is 11.3 Å². The van der Waals surface area contributed by atoms with Gasteiger partial charge < -0.3 is 14.4 Å². The molecule has 0 aliphatic carbocycles. The summed E-state index contributed by atoms with van der Waals surface area (Å²) in [4.78, 5) is 20.3. The van der Waals surface area contributed by atoms with E-state index in [0.717, 1.165) is 10.5 Å². The van der Waals surface area contributed by atoms with E-state index in [9.17, 15) is 22.4 Å². The number of amides is 1. The van der Waals surface area contributed by atoms with Crippen LogP contribution in [0.4, 0.5) is 17.6 Å². The summed E-state index contributed by atoms with van der Waals surface area (Å²) in [5.41, 5.74) is 1.80. The first kappa shape index (κ1) is 27.5. The summed E-state index contributed by atoms with van der Waals surface area (Å²) in [5, 5.41) is 0. The van der Waals surface area contributed by atoms with Crippen molar-refractivity contribution in [2.45, 2.75) is 11.3 Å². The molecule has 5 rings (SSSR count). The van der Waals surface area contributed by atoms with Crippen LogP contribution in [-0.4, -0.2) is 52.6 Å². The van der Waals surface area contributed by atoms with Crippen LogP contribution in [0.3, 0.4) is 0 Å². The van der Waals surface area contributed by atoms with Gasteiger partial charge in [0.1, 0.15) is 28.8 Å². The highest BCUT2D eigenvalue weighted by Crippen LogP contribution is 2.29. The van der Waals surface area contributed by atoms with Crippen LogP contribution in [0.2, 0.25) is 0 Å². The lowest BCUT2D eigenvalue weighted by Crippen LogP contribution is -2.46. The minimum Gasteiger partial charge on any atom is -0.457 e. The van der Waals surface area contributed by atoms with Gasteiger partial charge in [0.05, 0.1) is 5.69 Å². The molecular formula is C29H23F4N3O3S. The molecular weight excluding hydrogens is 546 g/mol. The van der Waals surface area contributed by atoms with Gasteiger partial charge in [-0.3, -0.25) is 4.79 Å². The Morgan fingerprint density at radius 1 is 0.775 bits per heavy atom. The average molecular weight is 570 g/mol. The van der Waals surface area contributed by atoms with Gasteiger partial charge in [-0.15, -0.1) is 13.2 Å². The van der Waals surface area contributed by atoms with E-state index in [4.69, 9.17) is 4.74 Å². The summed E-state index contributed by atoms with van der Waals surface area (Å²) in [7, 11) is 0. The van der Waals surface area contributed by atoms with Crippen molar-refractivity contribution in [1.82, 2.24) is 14.2 Å². The van der Waals surface area contributed by atoms with Crippen molar-refractivity contribution >= 4 is 17.9 Å². The molecule has 1 aromatic heterocycles. The molecule has 0 atom stereocenters. The van der Waals surface area contributed by atoms with E-state index in [1.165, 1.54) is 36.2 Å². The van der Waals surface area contributed by atoms with Gasteiger partial charge >= 0.3 is 6.36 Å². The second-order valence-electron chi connectivity index (χ2n) is 8.82. The van der Waals surface area contributed by atoms with E-state index >= 15 is 0 Å². The molecule has 1 amide bonds. The summed E-state index contributed by atoms with van der Waals surface area (Å²) in [6, 6.07) is 24.0. The number of rotatable bonds is 7. The Labute approximate surface area is 232 Å². The number of ether oxygens (including phenoxy) is 2. The Bertz CT molecular complexity index is 1440. The van der Waals surface area contributed by atoms with Crippen molar-refractivity contribution in [3.05, 3.63) is 103 Å². The fraction of sp³-hybridized carbons (Fsp3) is 0.172. The standard InChI is InChI=1S/C29H23F4N3O3S/c30-21-6-10-23(11-7-21)38-22-8-4-20(5-9-22)26-2-1-3-27(34-26)28(37)35-16-18-36(19-17-35)40-25-14-12-24(13-15-25)39-29(31,32)33/h1-15H,16-19H2. The fourth-order valence-electron chi connectivity index (χ4n) is 4.04. The maximum atomic E-state index is 13.2. The second-order valence-corrected chi connectivity index (χ2v) is 9.99. The summed E-state index contributed by atoms with van der Waals surface area (Å²) in [5.74, 6) is 0.333. The molecule has 0 saturated carbocycles. The molecule has 1 aliphatic rings. The fourth-order valence-corrected chi connectivity index (χ4v) is 4.94. The van der Waals surface area contributed by atoms with Gasteiger partial charge in [0.2, 0.25) is 0 Å². The molecule has 40 heavy (non-hydrogen) atoms. The molecule has 1 fully saturated rings. The van der Waals surface area contributed by atoms with Gasteiger partial charge in [-0.1, -0.05) is 6.07 Å². The number of halogens is 4. The van der Waals surface area contributed by atoms with Gasteiger partial charge in [0, 0.05) is 36.6 Å². The first-order valence-corrected chi connectivity index (χ1v) is 13.1. The van der Waals surface area contributed by atoms with E-state index < -0.39 is 6.36 Å². The van der Waals surface area contributed by atoms with Crippen LogP contribution >= 0.6 is 11.9 Å². The molecule has 1 saturated heterocycles. The number of hydrogen-bond donors (Lipinski definition) is 0. The van der Waals surface area contributed by atoms with Crippen molar-refractivity contribution in [2.75, 3.05) is 26.2 Å². The zero-order chi connectivity index (χ0) is 28.1. The highest BCUT2D eigenvalue weighted by Gasteiger charge is 2.31. The molecule has 11 heteroatoms. The van der Waals surface area contributed by atoms with Crippen LogP contribution < -0.4 is 9.47 Å². The predicted octanol–water partition coefficient (Wildman–Crippen LogP) is 7.04. The Kier molecular flexibility index (Phi) is 8.22. The Morgan fingerprint density at radius 2 is 1.38 bits per heavy atom. The lowest BCUT2D eigenvalue weighted by atomic mass is 10.1. The van der Waals surface area contributed by atoms with Gasteiger partial charge in [0.25, 0.3) is 5.91 Å². The van der Waals surface area contributed by atoms with Gasteiger partial charge in [-0.25, -0.2) is 13.7 Å². The van der Waals surface area contributed by atoms with Crippen molar-refractivity contribution in [3.8, 4) is 28.5 Å². The predicted molar refractivity (Wildman–Crippen MR) is 143 cm³/mol. The van der Waals surface area contributed by atoms with Crippen LogP contribution in [0.5, 0.6) is 17.2 Å². The van der Waals surface area contributed by atoms with Crippen molar-refractivity contribution in [1.29, 1.82) is 0 Å². The summed E-state index contributed by atoms with van der Waals surface area (Å²) >= 11 is 1.42. The second kappa shape index (κ2) is 12.0. The Morgan fingerprint density at radius 3 is 2.00 bits per heavy atom. The quantitative estimate of drug-likeness (QED) is 0.176. The normalized spacial score (nSPS) is 14.2. The number of benzene rings is 3. The van der Waals surface area contributed by atoms with E-state index in [-0.39, 0.29) is 17.5 Å². The maximum Gasteiger partial charge on any atom is 0.573 e. The maximum absolute atomic E-state index is 13.2. The van der Waals surface area contributed by atoms with Crippen molar-refractivity contribution in [3.63, 3.8) is 0 Å². The summed E-state index contributed by atoms with van der Waals surface area (Å²) in [6.45, 7) is 2.16. The number of pyridine rings is 1. The van der Waals surface area contributed by atoms with E-state index in [1.54, 1.807) is 53.4 Å². The number of nitrogens with zero attached hydrogens (tertiary/aromatic N) is 3. The van der Waals surface area contributed by atoms with Crippen LogP contribution in [-0.2, 0) is 0 Å². The van der Waals surface area contributed by atoms with E-state index in [1.807, 2.05) is 18.2 Å². The Hall–Kier alpha value is -4.09. The molecule has 206 valence electrons. The molecule has 3 aromatic carbocycles. The zero-order valence-electron chi connectivity index (χ0n) is 21.0. The number of carbonyl (C=O) groups is 1. The van der Waals surface area contributed by atoms with Gasteiger partial charge in [0.15, 0.2) is 0 Å². The summed E-state index contributed by atoms with van der Waals surface area (Å²) < 4.78 is 61.9. The highest BCUT2D eigenvalue weighted by atomic mass is 32.2. The van der Waals surface area contributed by atoms with Crippen molar-refractivity contribution < 1.29 is 31.8 Å². The molecule has 1 aliphatic heterocycles. The number of piperazine rings is 1. The molecule has 0 unspecified atom stereocenters. The highest BCUT2D eigenvalue weighted by molar-refractivity contribution is 7.97. The molecule has 6 nitrogen and oxygen atoms in total. The topological polar surface area (TPSA) is 54.9 Å². The molecule has 0 spiro atoms. The van der Waals surface area contributed by atoms with Crippen LogP contribution in [0.15, 0.2) is 95.9 Å². The number of alkyl halides is 3. The number of aromatic nitrogens is 1. The number of carbonyl (C=O) groups excluding carboxylic acids is 1. The van der Waals surface area contributed by atoms with Crippen LogP contribution in [0, 0.1) is 5.82 Å². The molecule has 0 radical (unpaired) electrons. The zero-order valence-corrected chi connectivity index (χ0v) is 21.8. The van der Waals surface area contributed by atoms with Crippen molar-refractivity contribution in [2.24, 2.45) is 0 Å². The van der Waals surface area contributed by atoms with Gasteiger partial charge in [-0.05, 0) is 96.9 Å². The molecule has 2 heterocycles. The third kappa shape index (κ3) is 7.30. The third-order valence-electron chi connectivity index (χ3n) is 5.99. The smallest absolute Gasteiger partial charge is 0.457 e. The molecule has 4 aromatic rings. The number of hydrogen-bond acceptors (Lipinski definition) is 6. The lowest BCUT2D eigenvalue weighted by Gasteiger charge is -2.33. The molecule has 0 bridgehead atoms. The Balaban J connectivity index is 1.15. The van der Waals surface area contributed by atoms with Gasteiger partial charge in [-0.2, -0.15) is 0 Å². The minimum atomic E-state index is -4.72. The lowest BCUT2D eigenvalue weighted by molar-refractivity contribution is -0.274. The SMILES string of the molecule is O=C(c1cccc(-c2ccc(Oc3ccc(F)cc3)cc2)n1)N1CCN(Sc2ccc(OC(F)(F)F)cc2)CC1. The summed E-state index contributed by atoms with van der Waals surface area (Å²) in [6.07, 6.45) is -4.72.